The Kier molecular flexibility index (Phi) is 3.63. The molecule has 0 aliphatic heterocycles. The van der Waals surface area contributed by atoms with Crippen LogP contribution in [0.1, 0.15) is 18.5 Å². The third kappa shape index (κ3) is 2.39. The predicted octanol–water partition coefficient (Wildman–Crippen LogP) is 2.44. The minimum Gasteiger partial charge on any atom is -0.496 e. The van der Waals surface area contributed by atoms with E-state index in [1.807, 2.05) is 25.3 Å². The molecule has 0 saturated carbocycles. The first-order valence-corrected chi connectivity index (χ1v) is 5.39. The highest BCUT2D eigenvalue weighted by atomic mass is 32.2. The zero-order chi connectivity index (χ0) is 9.84. The normalized spacial score (nSPS) is 12.6. The molecule has 0 amide bonds. The van der Waals surface area contributed by atoms with Gasteiger partial charge in [0.2, 0.25) is 0 Å². The van der Waals surface area contributed by atoms with Gasteiger partial charge >= 0.3 is 0 Å². The molecular weight excluding hydrogens is 182 g/mol. The van der Waals surface area contributed by atoms with E-state index < -0.39 is 0 Å². The van der Waals surface area contributed by atoms with Gasteiger partial charge in [0.25, 0.3) is 0 Å². The molecule has 0 spiro atoms. The maximum Gasteiger partial charge on any atom is 0.132 e. The first kappa shape index (κ1) is 10.4. The van der Waals surface area contributed by atoms with Crippen LogP contribution in [0, 0.1) is 0 Å². The molecule has 72 valence electrons. The fourth-order valence-electron chi connectivity index (χ4n) is 1.14. The number of hydrogen-bond donors (Lipinski definition) is 1. The van der Waals surface area contributed by atoms with Crippen molar-refractivity contribution >= 4 is 11.8 Å². The topological polar surface area (TPSA) is 35.2 Å². The Morgan fingerprint density at radius 2 is 2.15 bits per heavy atom. The molecule has 0 bridgehead atoms. The summed E-state index contributed by atoms with van der Waals surface area (Å²) < 4.78 is 5.21. The van der Waals surface area contributed by atoms with E-state index in [9.17, 15) is 0 Å². The smallest absolute Gasteiger partial charge is 0.132 e. The van der Waals surface area contributed by atoms with Gasteiger partial charge in [0.05, 0.1) is 7.11 Å². The second kappa shape index (κ2) is 4.53. The van der Waals surface area contributed by atoms with E-state index in [4.69, 9.17) is 10.5 Å². The molecule has 3 heteroatoms. The van der Waals surface area contributed by atoms with Crippen molar-refractivity contribution in [3.8, 4) is 5.75 Å². The van der Waals surface area contributed by atoms with Gasteiger partial charge in [-0.05, 0) is 30.9 Å². The lowest BCUT2D eigenvalue weighted by Crippen LogP contribution is -2.04. The first-order valence-electron chi connectivity index (χ1n) is 4.16. The molecule has 2 nitrogen and oxygen atoms in total. The number of nitrogens with two attached hydrogens (primary N) is 1. The van der Waals surface area contributed by atoms with Crippen molar-refractivity contribution in [3.63, 3.8) is 0 Å². The van der Waals surface area contributed by atoms with Crippen molar-refractivity contribution in [2.75, 3.05) is 13.4 Å². The fourth-order valence-corrected chi connectivity index (χ4v) is 1.74. The zero-order valence-electron chi connectivity index (χ0n) is 8.20. The summed E-state index contributed by atoms with van der Waals surface area (Å²) in [6, 6.07) is 6.12. The monoisotopic (exact) mass is 197 g/mol. The Morgan fingerprint density at radius 1 is 1.46 bits per heavy atom. The lowest BCUT2D eigenvalue weighted by molar-refractivity contribution is 0.404. The molecule has 1 atom stereocenters. The van der Waals surface area contributed by atoms with Gasteiger partial charge in [-0.3, -0.25) is 0 Å². The third-order valence-corrected chi connectivity index (χ3v) is 2.69. The quantitative estimate of drug-likeness (QED) is 0.756. The molecule has 1 unspecified atom stereocenters. The molecule has 13 heavy (non-hydrogen) atoms. The van der Waals surface area contributed by atoms with E-state index in [0.717, 1.165) is 16.2 Å². The van der Waals surface area contributed by atoms with E-state index in [-0.39, 0.29) is 6.04 Å². The Bertz CT molecular complexity index is 286. The maximum atomic E-state index is 5.78. The van der Waals surface area contributed by atoms with Gasteiger partial charge in [-0.15, -0.1) is 11.8 Å². The van der Waals surface area contributed by atoms with Crippen LogP contribution >= 0.6 is 11.8 Å². The van der Waals surface area contributed by atoms with E-state index in [1.54, 1.807) is 18.9 Å². The Morgan fingerprint density at radius 3 is 2.62 bits per heavy atom. The summed E-state index contributed by atoms with van der Waals surface area (Å²) in [5.41, 5.74) is 6.92. The number of ether oxygens (including phenoxy) is 1. The third-order valence-electron chi connectivity index (χ3n) is 1.93. The first-order chi connectivity index (χ1) is 6.19. The second-order valence-electron chi connectivity index (χ2n) is 2.90. The summed E-state index contributed by atoms with van der Waals surface area (Å²) in [5.74, 6) is 0.914. The molecule has 2 N–H and O–H groups in total. The molecule has 0 aliphatic rings. The summed E-state index contributed by atoms with van der Waals surface area (Å²) in [6.07, 6.45) is 2.03. The largest absolute Gasteiger partial charge is 0.496 e. The van der Waals surface area contributed by atoms with Crippen LogP contribution in [-0.4, -0.2) is 13.4 Å². The van der Waals surface area contributed by atoms with E-state index >= 15 is 0 Å². The lowest BCUT2D eigenvalue weighted by Gasteiger charge is -2.10. The van der Waals surface area contributed by atoms with Crippen molar-refractivity contribution in [1.29, 1.82) is 0 Å². The van der Waals surface area contributed by atoms with Crippen LogP contribution in [0.15, 0.2) is 23.1 Å². The Balaban J connectivity index is 3.05. The molecule has 0 aromatic heterocycles. The van der Waals surface area contributed by atoms with E-state index in [0.29, 0.717) is 0 Å². The highest BCUT2D eigenvalue weighted by Gasteiger charge is 2.05. The van der Waals surface area contributed by atoms with Crippen LogP contribution in [-0.2, 0) is 0 Å². The molecule has 0 saturated heterocycles. The fraction of sp³-hybridized carbons (Fsp3) is 0.400. The van der Waals surface area contributed by atoms with Crippen LogP contribution in [0.4, 0.5) is 0 Å². The van der Waals surface area contributed by atoms with Crippen molar-refractivity contribution in [2.45, 2.75) is 17.9 Å². The standard InChI is InChI=1S/C10H15NOS/c1-7(11)8-4-5-9(12-2)10(6-8)13-3/h4-7H,11H2,1-3H3. The molecule has 1 rings (SSSR count). The molecule has 1 aromatic rings. The molecule has 0 aliphatic carbocycles. The number of thioether (sulfide) groups is 1. The van der Waals surface area contributed by atoms with Gasteiger partial charge in [-0.2, -0.15) is 0 Å². The zero-order valence-corrected chi connectivity index (χ0v) is 9.02. The summed E-state index contributed by atoms with van der Waals surface area (Å²) in [7, 11) is 1.68. The summed E-state index contributed by atoms with van der Waals surface area (Å²) in [6.45, 7) is 1.98. The van der Waals surface area contributed by atoms with Crippen molar-refractivity contribution in [3.05, 3.63) is 23.8 Å². The Labute approximate surface area is 83.5 Å². The van der Waals surface area contributed by atoms with Crippen LogP contribution in [0.3, 0.4) is 0 Å². The summed E-state index contributed by atoms with van der Waals surface area (Å²) >= 11 is 1.67. The highest BCUT2D eigenvalue weighted by Crippen LogP contribution is 2.29. The SMILES string of the molecule is COc1ccc(C(C)N)cc1SC. The molecule has 1 aromatic carbocycles. The average molecular weight is 197 g/mol. The predicted molar refractivity (Wildman–Crippen MR) is 57.4 cm³/mol. The second-order valence-corrected chi connectivity index (χ2v) is 3.75. The molecular formula is C10H15NOS. The van der Waals surface area contributed by atoms with E-state index in [2.05, 4.69) is 6.07 Å². The van der Waals surface area contributed by atoms with Crippen LogP contribution in [0.2, 0.25) is 0 Å². The molecule has 0 fully saturated rings. The number of rotatable bonds is 3. The summed E-state index contributed by atoms with van der Waals surface area (Å²) in [4.78, 5) is 1.14. The summed E-state index contributed by atoms with van der Waals surface area (Å²) in [5, 5.41) is 0. The number of hydrogen-bond acceptors (Lipinski definition) is 3. The minimum absolute atomic E-state index is 0.0804. The average Bonchev–Trinajstić information content (AvgIpc) is 2.16. The van der Waals surface area contributed by atoms with Gasteiger partial charge < -0.3 is 10.5 Å². The van der Waals surface area contributed by atoms with Gasteiger partial charge in [-0.1, -0.05) is 6.07 Å². The van der Waals surface area contributed by atoms with Gasteiger partial charge in [-0.25, -0.2) is 0 Å². The maximum absolute atomic E-state index is 5.78. The van der Waals surface area contributed by atoms with Crippen LogP contribution < -0.4 is 10.5 Å². The van der Waals surface area contributed by atoms with Crippen LogP contribution in [0.25, 0.3) is 0 Å². The highest BCUT2D eigenvalue weighted by molar-refractivity contribution is 7.98. The molecule has 0 heterocycles. The Hall–Kier alpha value is -0.670. The van der Waals surface area contributed by atoms with Crippen LogP contribution in [0.5, 0.6) is 5.75 Å². The van der Waals surface area contributed by atoms with Crippen molar-refractivity contribution in [2.24, 2.45) is 5.73 Å². The van der Waals surface area contributed by atoms with Gasteiger partial charge in [0.15, 0.2) is 0 Å². The van der Waals surface area contributed by atoms with Crippen molar-refractivity contribution < 1.29 is 4.74 Å². The lowest BCUT2D eigenvalue weighted by atomic mass is 10.1. The number of benzene rings is 1. The van der Waals surface area contributed by atoms with E-state index in [1.165, 1.54) is 0 Å². The number of methoxy groups -OCH3 is 1. The van der Waals surface area contributed by atoms with Crippen molar-refractivity contribution in [1.82, 2.24) is 0 Å². The van der Waals surface area contributed by atoms with Gasteiger partial charge in [0.1, 0.15) is 5.75 Å². The van der Waals surface area contributed by atoms with Gasteiger partial charge in [0, 0.05) is 10.9 Å². The molecule has 0 radical (unpaired) electrons. The minimum atomic E-state index is 0.0804.